The summed E-state index contributed by atoms with van der Waals surface area (Å²) < 4.78 is 2.27. The third-order valence-corrected chi connectivity index (χ3v) is 5.07. The normalized spacial score (nSPS) is 24.7. The zero-order valence-corrected chi connectivity index (χ0v) is 13.1. The summed E-state index contributed by atoms with van der Waals surface area (Å²) in [7, 11) is 0. The smallest absolute Gasteiger partial charge is 0.239 e. The van der Waals surface area contributed by atoms with Crippen molar-refractivity contribution in [2.75, 3.05) is 5.32 Å². The first-order valence-corrected chi connectivity index (χ1v) is 7.75. The number of aromatic nitrogens is 1. The summed E-state index contributed by atoms with van der Waals surface area (Å²) in [5.41, 5.74) is 4.06. The molecule has 4 nitrogen and oxygen atoms in total. The van der Waals surface area contributed by atoms with Gasteiger partial charge >= 0.3 is 0 Å². The molecule has 1 N–H and O–H groups in total. The van der Waals surface area contributed by atoms with E-state index in [4.69, 9.17) is 5.26 Å². The maximum absolute atomic E-state index is 12.7. The number of rotatable bonds is 1. The average molecular weight is 303 g/mol. The second-order valence-corrected chi connectivity index (χ2v) is 6.41. The van der Waals surface area contributed by atoms with Gasteiger partial charge in [-0.3, -0.25) is 4.79 Å². The van der Waals surface area contributed by atoms with E-state index in [1.165, 1.54) is 11.4 Å². The Morgan fingerprint density at radius 3 is 2.70 bits per heavy atom. The summed E-state index contributed by atoms with van der Waals surface area (Å²) in [5.74, 6) is 0.00352. The van der Waals surface area contributed by atoms with Crippen LogP contribution in [-0.2, 0) is 10.2 Å². The molecule has 1 aromatic heterocycles. The highest BCUT2D eigenvalue weighted by molar-refractivity contribution is 6.08. The molecule has 0 saturated carbocycles. The van der Waals surface area contributed by atoms with Crippen molar-refractivity contribution in [3.8, 4) is 6.07 Å². The first-order chi connectivity index (χ1) is 11.0. The van der Waals surface area contributed by atoms with Crippen LogP contribution in [-0.4, -0.2) is 10.5 Å². The highest BCUT2D eigenvalue weighted by Crippen LogP contribution is 2.48. The molecule has 1 spiro atoms. The number of nitrogens with one attached hydrogen (secondary N) is 1. The van der Waals surface area contributed by atoms with Gasteiger partial charge in [-0.2, -0.15) is 5.26 Å². The Morgan fingerprint density at radius 1 is 1.26 bits per heavy atom. The van der Waals surface area contributed by atoms with E-state index in [2.05, 4.69) is 48.0 Å². The summed E-state index contributed by atoms with van der Waals surface area (Å²) in [6, 6.07) is 11.9. The summed E-state index contributed by atoms with van der Waals surface area (Å²) in [6.45, 7) is 4.17. The number of carbonyl (C=O) groups is 1. The molecule has 23 heavy (non-hydrogen) atoms. The standard InChI is InChI=1S/C19H17N3O/c1-12-3-4-13(2)22(12)15-7-8-19(10-15)16-9-14(11-20)5-6-17(16)21-18(19)23/h3-9,15H,10H2,1-2H3,(H,21,23)/t15-,19+/m1/s1. The molecule has 0 saturated heterocycles. The van der Waals surface area contributed by atoms with Crippen LogP contribution in [0.3, 0.4) is 0 Å². The van der Waals surface area contributed by atoms with Gasteiger partial charge in [-0.1, -0.05) is 12.2 Å². The molecule has 4 rings (SSSR count). The largest absolute Gasteiger partial charge is 0.342 e. The number of fused-ring (bicyclic) bond motifs is 2. The van der Waals surface area contributed by atoms with Crippen molar-refractivity contribution < 1.29 is 4.79 Å². The van der Waals surface area contributed by atoms with E-state index in [0.29, 0.717) is 12.0 Å². The monoisotopic (exact) mass is 303 g/mol. The number of allylic oxidation sites excluding steroid dienone is 1. The first-order valence-electron chi connectivity index (χ1n) is 7.75. The number of nitriles is 1. The number of hydrogen-bond donors (Lipinski definition) is 1. The van der Waals surface area contributed by atoms with Crippen LogP contribution in [0.5, 0.6) is 0 Å². The lowest BCUT2D eigenvalue weighted by atomic mass is 9.80. The second-order valence-electron chi connectivity index (χ2n) is 6.41. The van der Waals surface area contributed by atoms with Crippen LogP contribution in [0, 0.1) is 25.2 Å². The fourth-order valence-electron chi connectivity index (χ4n) is 3.94. The van der Waals surface area contributed by atoms with Crippen LogP contribution in [0.4, 0.5) is 5.69 Å². The number of benzene rings is 1. The van der Waals surface area contributed by atoms with Gasteiger partial charge in [0, 0.05) is 17.1 Å². The van der Waals surface area contributed by atoms with Crippen molar-refractivity contribution in [1.29, 1.82) is 5.26 Å². The van der Waals surface area contributed by atoms with Crippen molar-refractivity contribution in [1.82, 2.24) is 4.57 Å². The lowest BCUT2D eigenvalue weighted by Crippen LogP contribution is -2.31. The Kier molecular flexibility index (Phi) is 2.76. The number of nitrogens with zero attached hydrogens (tertiary/aromatic N) is 2. The number of amides is 1. The first kappa shape index (κ1) is 13.8. The van der Waals surface area contributed by atoms with Crippen molar-refractivity contribution in [3.05, 3.63) is 65.0 Å². The third-order valence-electron chi connectivity index (χ3n) is 5.07. The van der Waals surface area contributed by atoms with E-state index < -0.39 is 5.41 Å². The van der Waals surface area contributed by atoms with Crippen LogP contribution >= 0.6 is 0 Å². The van der Waals surface area contributed by atoms with Crippen LogP contribution < -0.4 is 5.32 Å². The fraction of sp³-hybridized carbons (Fsp3) is 0.263. The van der Waals surface area contributed by atoms with Crippen LogP contribution in [0.25, 0.3) is 0 Å². The molecular weight excluding hydrogens is 286 g/mol. The topological polar surface area (TPSA) is 57.8 Å². The average Bonchev–Trinajstić information content (AvgIpc) is 3.19. The van der Waals surface area contributed by atoms with Gasteiger partial charge in [-0.05, 0) is 56.2 Å². The Morgan fingerprint density at radius 2 is 2.00 bits per heavy atom. The second kappa shape index (κ2) is 4.60. The molecule has 0 bridgehead atoms. The molecule has 2 atom stereocenters. The van der Waals surface area contributed by atoms with Crippen molar-refractivity contribution >= 4 is 11.6 Å². The van der Waals surface area contributed by atoms with Crippen LogP contribution in [0.2, 0.25) is 0 Å². The molecule has 2 aliphatic rings. The number of hydrogen-bond acceptors (Lipinski definition) is 2. The van der Waals surface area contributed by atoms with E-state index in [0.717, 1.165) is 11.3 Å². The molecule has 114 valence electrons. The Balaban J connectivity index is 1.79. The molecule has 2 aromatic rings. The van der Waals surface area contributed by atoms with Gasteiger partial charge in [0.1, 0.15) is 0 Å². The molecule has 0 radical (unpaired) electrons. The maximum Gasteiger partial charge on any atom is 0.239 e. The van der Waals surface area contributed by atoms with Crippen molar-refractivity contribution in [2.24, 2.45) is 0 Å². The Labute approximate surface area is 135 Å². The van der Waals surface area contributed by atoms with Crippen LogP contribution in [0.1, 0.15) is 35.0 Å². The lowest BCUT2D eigenvalue weighted by molar-refractivity contribution is -0.119. The molecule has 1 amide bonds. The van der Waals surface area contributed by atoms with E-state index in [1.807, 2.05) is 18.2 Å². The van der Waals surface area contributed by atoms with E-state index in [9.17, 15) is 4.79 Å². The predicted molar refractivity (Wildman–Crippen MR) is 88.2 cm³/mol. The molecule has 1 aromatic carbocycles. The van der Waals surface area contributed by atoms with Gasteiger partial charge in [0.25, 0.3) is 0 Å². The van der Waals surface area contributed by atoms with Gasteiger partial charge in [0.15, 0.2) is 0 Å². The van der Waals surface area contributed by atoms with Gasteiger partial charge in [-0.25, -0.2) is 0 Å². The van der Waals surface area contributed by atoms with E-state index in [-0.39, 0.29) is 11.9 Å². The summed E-state index contributed by atoms with van der Waals surface area (Å²) in [5, 5.41) is 12.1. The minimum absolute atomic E-state index is 0.00352. The fourth-order valence-corrected chi connectivity index (χ4v) is 3.94. The minimum atomic E-state index is -0.657. The molecule has 1 aliphatic carbocycles. The molecule has 4 heteroatoms. The Hall–Kier alpha value is -2.80. The molecule has 0 fully saturated rings. The van der Waals surface area contributed by atoms with E-state index >= 15 is 0 Å². The maximum atomic E-state index is 12.7. The van der Waals surface area contributed by atoms with Crippen LogP contribution in [0.15, 0.2) is 42.5 Å². The third kappa shape index (κ3) is 1.80. The van der Waals surface area contributed by atoms with Crippen molar-refractivity contribution in [3.63, 3.8) is 0 Å². The van der Waals surface area contributed by atoms with Gasteiger partial charge in [0.2, 0.25) is 5.91 Å². The highest BCUT2D eigenvalue weighted by Gasteiger charge is 2.49. The van der Waals surface area contributed by atoms with Gasteiger partial charge in [0.05, 0.1) is 23.1 Å². The van der Waals surface area contributed by atoms with Gasteiger partial charge in [-0.15, -0.1) is 0 Å². The molecular formula is C19H17N3O. The zero-order valence-electron chi connectivity index (χ0n) is 13.1. The SMILES string of the molecule is Cc1ccc(C)n1[C@@H]1C=C[C@@]2(C1)C(=O)Nc1ccc(C#N)cc12. The molecule has 2 heterocycles. The quantitative estimate of drug-likeness (QED) is 0.821. The van der Waals surface area contributed by atoms with Crippen molar-refractivity contribution in [2.45, 2.75) is 31.7 Å². The predicted octanol–water partition coefficient (Wildman–Crippen LogP) is 3.37. The lowest BCUT2D eigenvalue weighted by Gasteiger charge is -2.23. The zero-order chi connectivity index (χ0) is 16.2. The Bertz CT molecular complexity index is 880. The summed E-state index contributed by atoms with van der Waals surface area (Å²) >= 11 is 0. The molecule has 0 unspecified atom stereocenters. The van der Waals surface area contributed by atoms with E-state index in [1.54, 1.807) is 6.07 Å². The molecule has 1 aliphatic heterocycles. The minimum Gasteiger partial charge on any atom is -0.342 e. The van der Waals surface area contributed by atoms with Gasteiger partial charge < -0.3 is 9.88 Å². The number of anilines is 1. The summed E-state index contributed by atoms with van der Waals surface area (Å²) in [4.78, 5) is 12.7. The summed E-state index contributed by atoms with van der Waals surface area (Å²) in [6.07, 6.45) is 4.82. The highest BCUT2D eigenvalue weighted by atomic mass is 16.2. The number of carbonyl (C=O) groups excluding carboxylic acids is 1. The number of aryl methyl sites for hydroxylation is 2.